The number of esters is 1. The number of anilines is 1. The molecule has 1 saturated heterocycles. The van der Waals surface area contributed by atoms with Gasteiger partial charge in [-0.05, 0) is 30.9 Å². The summed E-state index contributed by atoms with van der Waals surface area (Å²) in [4.78, 5) is 53.6. The molecule has 0 unspecified atom stereocenters. The number of hydrogen-bond donors (Lipinski definition) is 2. The van der Waals surface area contributed by atoms with E-state index >= 15 is 0 Å². The molecule has 28 heavy (non-hydrogen) atoms. The van der Waals surface area contributed by atoms with E-state index in [9.17, 15) is 19.2 Å². The minimum absolute atomic E-state index is 0.00336. The van der Waals surface area contributed by atoms with Crippen LogP contribution in [0.5, 0.6) is 0 Å². The lowest BCUT2D eigenvalue weighted by atomic mass is 9.73. The molecule has 150 valence electrons. The van der Waals surface area contributed by atoms with Crippen LogP contribution in [0.2, 0.25) is 5.02 Å². The normalized spacial score (nSPS) is 24.2. The fraction of sp³-hybridized carbons (Fsp3) is 0.500. The maximum absolute atomic E-state index is 12.8. The smallest absolute Gasteiger partial charge is 0.326 e. The highest BCUT2D eigenvalue weighted by Gasteiger charge is 2.55. The number of pyridine rings is 1. The van der Waals surface area contributed by atoms with Gasteiger partial charge in [0.25, 0.3) is 11.8 Å². The zero-order valence-electron chi connectivity index (χ0n) is 15.4. The Hall–Kier alpha value is -2.68. The van der Waals surface area contributed by atoms with Crippen LogP contribution in [-0.4, -0.2) is 52.4 Å². The lowest BCUT2D eigenvalue weighted by Crippen LogP contribution is -2.54. The van der Waals surface area contributed by atoms with Crippen LogP contribution in [0.1, 0.15) is 32.6 Å². The summed E-state index contributed by atoms with van der Waals surface area (Å²) in [5.41, 5.74) is -0.937. The third kappa shape index (κ3) is 4.09. The molecule has 1 aromatic heterocycles. The molecule has 0 bridgehead atoms. The number of carbonyl (C=O) groups excluding carboxylic acids is 4. The summed E-state index contributed by atoms with van der Waals surface area (Å²) < 4.78 is 4.88. The number of imide groups is 1. The zero-order valence-corrected chi connectivity index (χ0v) is 16.1. The van der Waals surface area contributed by atoms with Crippen LogP contribution in [0.25, 0.3) is 0 Å². The first-order valence-electron chi connectivity index (χ1n) is 9.03. The van der Waals surface area contributed by atoms with Crippen molar-refractivity contribution in [2.75, 3.05) is 18.5 Å². The van der Waals surface area contributed by atoms with Gasteiger partial charge < -0.3 is 15.4 Å². The first-order valence-corrected chi connectivity index (χ1v) is 9.41. The van der Waals surface area contributed by atoms with Gasteiger partial charge in [0, 0.05) is 6.20 Å². The second kappa shape index (κ2) is 8.14. The fourth-order valence-corrected chi connectivity index (χ4v) is 3.70. The number of halogens is 1. The molecule has 1 aromatic rings. The molecule has 0 radical (unpaired) electrons. The Balaban J connectivity index is 1.51. The molecule has 4 amide bonds. The van der Waals surface area contributed by atoms with E-state index in [1.807, 2.05) is 6.92 Å². The number of carbonyl (C=O) groups is 4. The monoisotopic (exact) mass is 408 g/mol. The van der Waals surface area contributed by atoms with Crippen molar-refractivity contribution < 1.29 is 23.9 Å². The van der Waals surface area contributed by atoms with Crippen molar-refractivity contribution in [1.82, 2.24) is 15.2 Å². The van der Waals surface area contributed by atoms with Crippen molar-refractivity contribution in [3.8, 4) is 0 Å². The Morgan fingerprint density at radius 2 is 2.18 bits per heavy atom. The fourth-order valence-electron chi connectivity index (χ4n) is 3.59. The molecule has 1 saturated carbocycles. The SMILES string of the molecule is C[C@H]1CCCC[C@@]12NC(=O)N(CC(=O)OCC(=O)Nc1ccc(Cl)cn1)C2=O. The average Bonchev–Trinajstić information content (AvgIpc) is 2.89. The molecule has 9 nitrogen and oxygen atoms in total. The molecular weight excluding hydrogens is 388 g/mol. The summed E-state index contributed by atoms with van der Waals surface area (Å²) in [5.74, 6) is -1.60. The van der Waals surface area contributed by atoms with Gasteiger partial charge >= 0.3 is 12.0 Å². The van der Waals surface area contributed by atoms with E-state index in [2.05, 4.69) is 15.6 Å². The van der Waals surface area contributed by atoms with Gasteiger partial charge in [-0.3, -0.25) is 19.3 Å². The van der Waals surface area contributed by atoms with E-state index in [1.165, 1.54) is 12.3 Å². The molecule has 2 fully saturated rings. The van der Waals surface area contributed by atoms with Gasteiger partial charge in [-0.1, -0.05) is 31.4 Å². The Kier molecular flexibility index (Phi) is 5.83. The summed E-state index contributed by atoms with van der Waals surface area (Å²) >= 11 is 5.71. The van der Waals surface area contributed by atoms with Gasteiger partial charge in [0.1, 0.15) is 17.9 Å². The summed E-state index contributed by atoms with van der Waals surface area (Å²) in [6, 6.07) is 2.45. The van der Waals surface area contributed by atoms with Crippen LogP contribution in [0.4, 0.5) is 10.6 Å². The summed E-state index contributed by atoms with van der Waals surface area (Å²) in [6.45, 7) is 0.828. The van der Waals surface area contributed by atoms with E-state index < -0.39 is 42.5 Å². The predicted molar refractivity (Wildman–Crippen MR) is 99.4 cm³/mol. The second-order valence-corrected chi connectivity index (χ2v) is 7.45. The molecule has 2 atom stereocenters. The van der Waals surface area contributed by atoms with Crippen molar-refractivity contribution in [3.63, 3.8) is 0 Å². The third-order valence-electron chi connectivity index (χ3n) is 5.15. The lowest BCUT2D eigenvalue weighted by molar-refractivity contribution is -0.150. The molecule has 0 aromatic carbocycles. The number of aromatic nitrogens is 1. The number of ether oxygens (including phenoxy) is 1. The standard InChI is InChI=1S/C18H21ClN4O5/c1-11-4-2-3-7-18(11)16(26)23(17(27)22-18)9-15(25)28-10-14(24)21-13-6-5-12(19)8-20-13/h5-6,8,11H,2-4,7,9-10H2,1H3,(H,22,27)(H,20,21,24)/t11-,18+/m0/s1. The minimum atomic E-state index is -0.937. The van der Waals surface area contributed by atoms with E-state index in [0.29, 0.717) is 11.4 Å². The van der Waals surface area contributed by atoms with Crippen molar-refractivity contribution >= 4 is 41.2 Å². The molecule has 2 aliphatic rings. The van der Waals surface area contributed by atoms with Gasteiger partial charge in [0.15, 0.2) is 6.61 Å². The molecule has 2 heterocycles. The first kappa shape index (κ1) is 20.1. The lowest BCUT2D eigenvalue weighted by Gasteiger charge is -2.36. The number of rotatable bonds is 5. The van der Waals surface area contributed by atoms with Gasteiger partial charge in [-0.15, -0.1) is 0 Å². The summed E-state index contributed by atoms with van der Waals surface area (Å²) in [5, 5.41) is 5.62. The highest BCUT2D eigenvalue weighted by Crippen LogP contribution is 2.38. The molecule has 3 rings (SSSR count). The third-order valence-corrected chi connectivity index (χ3v) is 5.37. The topological polar surface area (TPSA) is 118 Å². The van der Waals surface area contributed by atoms with Crippen LogP contribution in [0, 0.1) is 5.92 Å². The van der Waals surface area contributed by atoms with E-state index in [1.54, 1.807) is 6.07 Å². The molecular formula is C18H21ClN4O5. The highest BCUT2D eigenvalue weighted by molar-refractivity contribution is 6.30. The van der Waals surface area contributed by atoms with Crippen molar-refractivity contribution in [1.29, 1.82) is 0 Å². The van der Waals surface area contributed by atoms with Gasteiger partial charge in [-0.25, -0.2) is 9.78 Å². The van der Waals surface area contributed by atoms with Crippen LogP contribution in [0.15, 0.2) is 18.3 Å². The first-order chi connectivity index (χ1) is 13.3. The maximum Gasteiger partial charge on any atom is 0.326 e. The van der Waals surface area contributed by atoms with Crippen molar-refractivity contribution in [2.24, 2.45) is 5.92 Å². The Bertz CT molecular complexity index is 800. The summed E-state index contributed by atoms with van der Waals surface area (Å²) in [7, 11) is 0. The number of urea groups is 1. The van der Waals surface area contributed by atoms with Crippen LogP contribution in [-0.2, 0) is 19.1 Å². The van der Waals surface area contributed by atoms with Crippen LogP contribution in [0.3, 0.4) is 0 Å². The zero-order chi connectivity index (χ0) is 20.3. The number of amides is 4. The van der Waals surface area contributed by atoms with E-state index in [0.717, 1.165) is 24.2 Å². The number of nitrogens with one attached hydrogen (secondary N) is 2. The second-order valence-electron chi connectivity index (χ2n) is 7.01. The van der Waals surface area contributed by atoms with Crippen LogP contribution >= 0.6 is 11.6 Å². The Morgan fingerprint density at radius 3 is 2.86 bits per heavy atom. The minimum Gasteiger partial charge on any atom is -0.454 e. The molecule has 1 aliphatic carbocycles. The van der Waals surface area contributed by atoms with Crippen molar-refractivity contribution in [3.05, 3.63) is 23.4 Å². The number of hydrogen-bond acceptors (Lipinski definition) is 6. The van der Waals surface area contributed by atoms with Crippen LogP contribution < -0.4 is 10.6 Å². The largest absolute Gasteiger partial charge is 0.454 e. The van der Waals surface area contributed by atoms with Gasteiger partial charge in [0.2, 0.25) is 0 Å². The van der Waals surface area contributed by atoms with E-state index in [4.69, 9.17) is 16.3 Å². The molecule has 2 N–H and O–H groups in total. The van der Waals surface area contributed by atoms with E-state index in [-0.39, 0.29) is 11.7 Å². The Labute approximate surface area is 166 Å². The number of nitrogens with zero attached hydrogens (tertiary/aromatic N) is 2. The molecule has 1 spiro atoms. The summed E-state index contributed by atoms with van der Waals surface area (Å²) in [6.07, 6.45) is 4.60. The highest BCUT2D eigenvalue weighted by atomic mass is 35.5. The van der Waals surface area contributed by atoms with Gasteiger partial charge in [0.05, 0.1) is 5.02 Å². The maximum atomic E-state index is 12.8. The quantitative estimate of drug-likeness (QED) is 0.565. The predicted octanol–water partition coefficient (Wildman–Crippen LogP) is 1.72. The van der Waals surface area contributed by atoms with Gasteiger partial charge in [-0.2, -0.15) is 0 Å². The average molecular weight is 409 g/mol. The molecule has 1 aliphatic heterocycles. The Morgan fingerprint density at radius 1 is 1.39 bits per heavy atom. The van der Waals surface area contributed by atoms with Crippen molar-refractivity contribution in [2.45, 2.75) is 38.1 Å². The molecule has 10 heteroatoms.